The van der Waals surface area contributed by atoms with E-state index in [0.717, 1.165) is 27.9 Å². The van der Waals surface area contributed by atoms with Gasteiger partial charge in [-0.25, -0.2) is 14.7 Å². The lowest BCUT2D eigenvalue weighted by Gasteiger charge is -2.28. The summed E-state index contributed by atoms with van der Waals surface area (Å²) >= 11 is 1.44. The van der Waals surface area contributed by atoms with Gasteiger partial charge < -0.3 is 15.0 Å². The van der Waals surface area contributed by atoms with Crippen molar-refractivity contribution in [2.24, 2.45) is 0 Å². The number of ether oxygens (including phenoxy) is 1. The third kappa shape index (κ3) is 4.01. The second-order valence-corrected chi connectivity index (χ2v) is 8.33. The molecule has 10 heteroatoms. The van der Waals surface area contributed by atoms with Crippen LogP contribution in [0.25, 0.3) is 0 Å². The van der Waals surface area contributed by atoms with E-state index in [1.807, 2.05) is 20.8 Å². The molecule has 0 radical (unpaired) electrons. The van der Waals surface area contributed by atoms with Crippen LogP contribution in [0.5, 0.6) is 0 Å². The van der Waals surface area contributed by atoms with Crippen molar-refractivity contribution >= 4 is 23.5 Å². The van der Waals surface area contributed by atoms with E-state index in [1.165, 1.54) is 11.3 Å². The number of rotatable bonds is 4. The van der Waals surface area contributed by atoms with E-state index in [2.05, 4.69) is 15.5 Å². The Hall–Kier alpha value is -1.94. The molecule has 1 aromatic rings. The summed E-state index contributed by atoms with van der Waals surface area (Å²) in [6, 6.07) is -0.615. The number of piperidine rings is 1. The molecule has 0 spiro atoms. The Balaban J connectivity index is 1.53. The molecule has 2 saturated heterocycles. The maximum Gasteiger partial charge on any atom is 0.407 e. The number of carbonyl (C=O) groups is 2. The van der Waals surface area contributed by atoms with Crippen molar-refractivity contribution in [3.63, 3.8) is 0 Å². The molecule has 3 rings (SSSR count). The summed E-state index contributed by atoms with van der Waals surface area (Å²) in [6.07, 6.45) is 1.60. The molecule has 0 aliphatic carbocycles. The zero-order valence-electron chi connectivity index (χ0n) is 14.6. The minimum atomic E-state index is -0.526. The number of hydrogen-bond donors (Lipinski definition) is 2. The van der Waals surface area contributed by atoms with Gasteiger partial charge in [0.2, 0.25) is 0 Å². The molecule has 9 nitrogen and oxygen atoms in total. The topological polar surface area (TPSA) is 108 Å². The number of hydroxylamine groups is 2. The maximum absolute atomic E-state index is 12.0. The number of carbonyl (C=O) groups excluding carboxylic acids is 2. The van der Waals surface area contributed by atoms with E-state index in [9.17, 15) is 14.8 Å². The van der Waals surface area contributed by atoms with E-state index in [0.29, 0.717) is 19.5 Å². The van der Waals surface area contributed by atoms with Gasteiger partial charge in [0.1, 0.15) is 15.6 Å². The Morgan fingerprint density at radius 3 is 2.88 bits per heavy atom. The number of urea groups is 1. The Labute approximate surface area is 149 Å². The normalized spacial score (nSPS) is 23.1. The summed E-state index contributed by atoms with van der Waals surface area (Å²) < 4.78 is 5.18. The molecule has 2 aliphatic heterocycles. The Morgan fingerprint density at radius 1 is 1.40 bits per heavy atom. The minimum absolute atomic E-state index is 0.117. The van der Waals surface area contributed by atoms with Gasteiger partial charge in [0, 0.05) is 19.5 Å². The SMILES string of the molecule is CC(C)(C)OC(=O)NCCc1nnc(C2CCC3CN2C(=O)N3O)s1. The van der Waals surface area contributed by atoms with Crippen LogP contribution >= 0.6 is 11.3 Å². The number of hydrogen-bond acceptors (Lipinski definition) is 7. The third-order valence-electron chi connectivity index (χ3n) is 4.12. The average molecular weight is 369 g/mol. The van der Waals surface area contributed by atoms with Crippen LogP contribution in [-0.2, 0) is 11.2 Å². The van der Waals surface area contributed by atoms with Gasteiger partial charge >= 0.3 is 12.1 Å². The fourth-order valence-corrected chi connectivity index (χ4v) is 3.99. The molecular formula is C15H23N5O4S. The number of aromatic nitrogens is 2. The molecule has 0 saturated carbocycles. The lowest BCUT2D eigenvalue weighted by atomic mass is 10.0. The first-order valence-corrected chi connectivity index (χ1v) is 9.14. The van der Waals surface area contributed by atoms with E-state index in [4.69, 9.17) is 4.74 Å². The molecule has 3 heterocycles. The van der Waals surface area contributed by atoms with Gasteiger partial charge in [-0.1, -0.05) is 11.3 Å². The number of amides is 3. The van der Waals surface area contributed by atoms with Crippen LogP contribution in [0.3, 0.4) is 0 Å². The van der Waals surface area contributed by atoms with Crippen molar-refractivity contribution in [3.8, 4) is 0 Å². The van der Waals surface area contributed by atoms with Gasteiger partial charge in [-0.3, -0.25) is 5.21 Å². The molecule has 0 aromatic carbocycles. The number of alkyl carbamates (subject to hydrolysis) is 1. The second kappa shape index (κ2) is 6.75. The predicted octanol–water partition coefficient (Wildman–Crippen LogP) is 1.94. The maximum atomic E-state index is 12.0. The van der Waals surface area contributed by atoms with Crippen molar-refractivity contribution in [2.75, 3.05) is 13.1 Å². The average Bonchev–Trinajstić information content (AvgIpc) is 3.07. The van der Waals surface area contributed by atoms with Gasteiger partial charge in [-0.05, 0) is 33.6 Å². The highest BCUT2D eigenvalue weighted by atomic mass is 32.1. The lowest BCUT2D eigenvalue weighted by Crippen LogP contribution is -2.33. The molecule has 2 bridgehead atoms. The highest BCUT2D eigenvalue weighted by Crippen LogP contribution is 2.38. The van der Waals surface area contributed by atoms with Crippen LogP contribution in [-0.4, -0.2) is 62.2 Å². The molecule has 2 unspecified atom stereocenters. The van der Waals surface area contributed by atoms with Crippen LogP contribution in [0.15, 0.2) is 0 Å². The Kier molecular flexibility index (Phi) is 4.83. The predicted molar refractivity (Wildman–Crippen MR) is 89.3 cm³/mol. The fourth-order valence-electron chi connectivity index (χ4n) is 3.00. The molecule has 3 amide bonds. The van der Waals surface area contributed by atoms with Crippen LogP contribution < -0.4 is 5.32 Å². The van der Waals surface area contributed by atoms with E-state index < -0.39 is 11.7 Å². The van der Waals surface area contributed by atoms with Gasteiger partial charge in [0.25, 0.3) is 0 Å². The number of fused-ring (bicyclic) bond motifs is 2. The summed E-state index contributed by atoms with van der Waals surface area (Å²) in [5.41, 5.74) is -0.526. The first-order valence-electron chi connectivity index (χ1n) is 8.32. The number of nitrogens with one attached hydrogen (secondary N) is 1. The zero-order chi connectivity index (χ0) is 18.2. The summed E-state index contributed by atoms with van der Waals surface area (Å²) in [5, 5.41) is 23.2. The number of nitrogens with zero attached hydrogens (tertiary/aromatic N) is 4. The molecule has 2 atom stereocenters. The van der Waals surface area contributed by atoms with E-state index in [-0.39, 0.29) is 18.1 Å². The first-order chi connectivity index (χ1) is 11.7. The Bertz CT molecular complexity index is 659. The molecule has 2 fully saturated rings. The van der Waals surface area contributed by atoms with Crippen molar-refractivity contribution in [3.05, 3.63) is 10.0 Å². The van der Waals surface area contributed by atoms with Crippen molar-refractivity contribution in [2.45, 2.75) is 57.7 Å². The molecular weight excluding hydrogens is 346 g/mol. The largest absolute Gasteiger partial charge is 0.444 e. The highest BCUT2D eigenvalue weighted by Gasteiger charge is 2.45. The minimum Gasteiger partial charge on any atom is -0.444 e. The van der Waals surface area contributed by atoms with Crippen LogP contribution in [0.4, 0.5) is 9.59 Å². The Morgan fingerprint density at radius 2 is 2.16 bits per heavy atom. The standard InChI is InChI=1S/C15H23N5O4S/c1-15(2,3)24-13(21)16-7-6-11-17-18-12(25-11)10-5-4-9-8-19(10)14(22)20(9)23/h9-10,23H,4-8H2,1-3H3,(H,16,21). The van der Waals surface area contributed by atoms with Gasteiger partial charge in [-0.2, -0.15) is 0 Å². The quantitative estimate of drug-likeness (QED) is 0.785. The lowest BCUT2D eigenvalue weighted by molar-refractivity contribution is -0.0584. The smallest absolute Gasteiger partial charge is 0.407 e. The van der Waals surface area contributed by atoms with Crippen molar-refractivity contribution in [1.82, 2.24) is 25.5 Å². The summed E-state index contributed by atoms with van der Waals surface area (Å²) in [4.78, 5) is 25.3. The van der Waals surface area contributed by atoms with Crippen LogP contribution in [0, 0.1) is 0 Å². The van der Waals surface area contributed by atoms with Gasteiger partial charge in [0.15, 0.2) is 0 Å². The summed E-state index contributed by atoms with van der Waals surface area (Å²) in [7, 11) is 0. The van der Waals surface area contributed by atoms with Gasteiger partial charge in [-0.15, -0.1) is 10.2 Å². The van der Waals surface area contributed by atoms with Crippen LogP contribution in [0.1, 0.15) is 49.7 Å². The first kappa shape index (κ1) is 17.9. The fraction of sp³-hybridized carbons (Fsp3) is 0.733. The summed E-state index contributed by atoms with van der Waals surface area (Å²) in [6.45, 7) is 6.36. The third-order valence-corrected chi connectivity index (χ3v) is 5.20. The van der Waals surface area contributed by atoms with Crippen molar-refractivity contribution < 1.29 is 19.5 Å². The van der Waals surface area contributed by atoms with Crippen molar-refractivity contribution in [1.29, 1.82) is 0 Å². The van der Waals surface area contributed by atoms with E-state index in [1.54, 1.807) is 4.90 Å². The van der Waals surface area contributed by atoms with Gasteiger partial charge in [0.05, 0.1) is 12.1 Å². The second-order valence-electron chi connectivity index (χ2n) is 7.24. The van der Waals surface area contributed by atoms with E-state index >= 15 is 0 Å². The monoisotopic (exact) mass is 369 g/mol. The summed E-state index contributed by atoms with van der Waals surface area (Å²) in [5.74, 6) is 0. The van der Waals surface area contributed by atoms with Crippen LogP contribution in [0.2, 0.25) is 0 Å². The molecule has 138 valence electrons. The highest BCUT2D eigenvalue weighted by molar-refractivity contribution is 7.11. The molecule has 2 N–H and O–H groups in total. The zero-order valence-corrected chi connectivity index (χ0v) is 15.4. The molecule has 25 heavy (non-hydrogen) atoms. The molecule has 1 aromatic heterocycles. The molecule has 2 aliphatic rings.